The van der Waals surface area contributed by atoms with Crippen LogP contribution in [0, 0.1) is 0 Å². The van der Waals surface area contributed by atoms with Gasteiger partial charge in [0.25, 0.3) is 0 Å². The number of halogens is 1. The molecule has 0 bridgehead atoms. The van der Waals surface area contributed by atoms with Crippen molar-refractivity contribution in [2.24, 2.45) is 0 Å². The number of carbonyl (C=O) groups excluding carboxylic acids is 2. The first kappa shape index (κ1) is 18.7. The molecule has 1 aromatic carbocycles. The average Bonchev–Trinajstić information content (AvgIpc) is 2.48. The minimum Gasteiger partial charge on any atom is -0.372 e. The lowest BCUT2D eigenvalue weighted by Crippen LogP contribution is -2.51. The van der Waals surface area contributed by atoms with E-state index in [1.165, 1.54) is 0 Å². The van der Waals surface area contributed by atoms with Crippen LogP contribution in [0.1, 0.15) is 13.8 Å². The summed E-state index contributed by atoms with van der Waals surface area (Å²) in [4.78, 5) is 27.9. The average molecular weight is 354 g/mol. The van der Waals surface area contributed by atoms with Crippen LogP contribution in [0.15, 0.2) is 24.3 Å². The number of nitrogens with zero attached hydrogens (tertiary/aromatic N) is 2. The third-order valence-corrected chi connectivity index (χ3v) is 4.07. The van der Waals surface area contributed by atoms with Crippen LogP contribution in [-0.2, 0) is 14.3 Å². The summed E-state index contributed by atoms with van der Waals surface area (Å²) < 4.78 is 5.63. The van der Waals surface area contributed by atoms with Gasteiger partial charge < -0.3 is 15.0 Å². The molecule has 1 heterocycles. The zero-order valence-corrected chi connectivity index (χ0v) is 15.0. The number of carbonyl (C=O) groups is 2. The fraction of sp³-hybridized carbons (Fsp3) is 0.529. The number of morpholine rings is 1. The maximum absolute atomic E-state index is 12.4. The molecule has 2 amide bonds. The van der Waals surface area contributed by atoms with E-state index < -0.39 is 0 Å². The second-order valence-electron chi connectivity index (χ2n) is 6.26. The molecule has 2 atom stereocenters. The van der Waals surface area contributed by atoms with Gasteiger partial charge in [0.1, 0.15) is 0 Å². The van der Waals surface area contributed by atoms with Gasteiger partial charge >= 0.3 is 0 Å². The summed E-state index contributed by atoms with van der Waals surface area (Å²) in [5.41, 5.74) is 0.569. The Labute approximate surface area is 147 Å². The Bertz CT molecular complexity index is 586. The highest BCUT2D eigenvalue weighted by atomic mass is 35.5. The highest BCUT2D eigenvalue weighted by molar-refractivity contribution is 6.33. The first-order chi connectivity index (χ1) is 11.3. The Hall–Kier alpha value is -1.63. The standard InChI is InChI=1S/C17H24ClN3O3/c1-12-8-21(9-13(2)24-12)17(23)11-20(3)10-16(22)19-15-7-5-4-6-14(15)18/h4-7,12-13H,8-11H2,1-3H3,(H,19,22)/t12-,13-/m1/s1. The largest absolute Gasteiger partial charge is 0.372 e. The van der Waals surface area contributed by atoms with Gasteiger partial charge in [-0.15, -0.1) is 0 Å². The predicted octanol–water partition coefficient (Wildman–Crippen LogP) is 1.85. The summed E-state index contributed by atoms with van der Waals surface area (Å²) in [6.45, 7) is 5.39. The zero-order valence-electron chi connectivity index (χ0n) is 14.3. The van der Waals surface area contributed by atoms with E-state index in [0.29, 0.717) is 23.8 Å². The molecule has 0 aromatic heterocycles. The molecule has 1 saturated heterocycles. The van der Waals surface area contributed by atoms with Crippen molar-refractivity contribution < 1.29 is 14.3 Å². The third-order valence-electron chi connectivity index (χ3n) is 3.74. The highest BCUT2D eigenvalue weighted by Gasteiger charge is 2.26. The number of para-hydroxylation sites is 1. The fourth-order valence-corrected chi connectivity index (χ4v) is 2.95. The van der Waals surface area contributed by atoms with E-state index in [4.69, 9.17) is 16.3 Å². The van der Waals surface area contributed by atoms with Gasteiger partial charge in [0.15, 0.2) is 0 Å². The molecule has 0 unspecified atom stereocenters. The molecule has 0 aliphatic carbocycles. The summed E-state index contributed by atoms with van der Waals surface area (Å²) in [5, 5.41) is 3.24. The summed E-state index contributed by atoms with van der Waals surface area (Å²) in [7, 11) is 1.75. The molecule has 6 nitrogen and oxygen atoms in total. The van der Waals surface area contributed by atoms with Crippen molar-refractivity contribution in [3.8, 4) is 0 Å². The number of rotatable bonds is 5. The van der Waals surface area contributed by atoms with E-state index in [1.807, 2.05) is 13.8 Å². The zero-order chi connectivity index (χ0) is 17.7. The first-order valence-corrected chi connectivity index (χ1v) is 8.39. The monoisotopic (exact) mass is 353 g/mol. The number of anilines is 1. The molecule has 2 rings (SSSR count). The first-order valence-electron chi connectivity index (χ1n) is 8.01. The quantitative estimate of drug-likeness (QED) is 0.877. The van der Waals surface area contributed by atoms with Crippen LogP contribution in [0.3, 0.4) is 0 Å². The Balaban J connectivity index is 1.81. The number of hydrogen-bond acceptors (Lipinski definition) is 4. The van der Waals surface area contributed by atoms with Crippen LogP contribution in [0.5, 0.6) is 0 Å². The maximum atomic E-state index is 12.4. The molecule has 24 heavy (non-hydrogen) atoms. The molecule has 1 N–H and O–H groups in total. The molecule has 132 valence electrons. The third kappa shape index (κ3) is 5.47. The van der Waals surface area contributed by atoms with E-state index >= 15 is 0 Å². The number of benzene rings is 1. The fourth-order valence-electron chi connectivity index (χ4n) is 2.77. The molecule has 1 aliphatic heterocycles. The van der Waals surface area contributed by atoms with Crippen molar-refractivity contribution >= 4 is 29.1 Å². The van der Waals surface area contributed by atoms with Crippen molar-refractivity contribution in [2.45, 2.75) is 26.1 Å². The van der Waals surface area contributed by atoms with E-state index in [-0.39, 0.29) is 37.1 Å². The predicted molar refractivity (Wildman–Crippen MR) is 94.2 cm³/mol. The van der Waals surface area contributed by atoms with Gasteiger partial charge in [-0.2, -0.15) is 0 Å². The van der Waals surface area contributed by atoms with E-state index in [9.17, 15) is 9.59 Å². The van der Waals surface area contributed by atoms with E-state index in [1.54, 1.807) is 41.1 Å². The van der Waals surface area contributed by atoms with Crippen molar-refractivity contribution in [3.63, 3.8) is 0 Å². The summed E-state index contributed by atoms with van der Waals surface area (Å²) in [6.07, 6.45) is 0.0676. The highest BCUT2D eigenvalue weighted by Crippen LogP contribution is 2.20. The molecular formula is C17H24ClN3O3. The van der Waals surface area contributed by atoms with Gasteiger partial charge in [0, 0.05) is 13.1 Å². The van der Waals surface area contributed by atoms with Crippen LogP contribution in [-0.4, -0.2) is 67.0 Å². The van der Waals surface area contributed by atoms with Crippen LogP contribution in [0.4, 0.5) is 5.69 Å². The van der Waals surface area contributed by atoms with Gasteiger partial charge in [0.05, 0.1) is 36.0 Å². The van der Waals surface area contributed by atoms with Gasteiger partial charge in [-0.3, -0.25) is 14.5 Å². The number of nitrogens with one attached hydrogen (secondary N) is 1. The molecule has 1 fully saturated rings. The van der Waals surface area contributed by atoms with Crippen molar-refractivity contribution in [1.82, 2.24) is 9.80 Å². The topological polar surface area (TPSA) is 61.9 Å². The minimum absolute atomic E-state index is 0.00467. The SMILES string of the molecule is C[C@@H]1CN(C(=O)CN(C)CC(=O)Nc2ccccc2Cl)C[C@@H](C)O1. The lowest BCUT2D eigenvalue weighted by Gasteiger charge is -2.36. The molecular weight excluding hydrogens is 330 g/mol. The summed E-state index contributed by atoms with van der Waals surface area (Å²) >= 11 is 6.02. The smallest absolute Gasteiger partial charge is 0.238 e. The lowest BCUT2D eigenvalue weighted by molar-refractivity contribution is -0.144. The van der Waals surface area contributed by atoms with Crippen molar-refractivity contribution in [3.05, 3.63) is 29.3 Å². The maximum Gasteiger partial charge on any atom is 0.238 e. The molecule has 0 saturated carbocycles. The van der Waals surface area contributed by atoms with E-state index in [0.717, 1.165) is 0 Å². The molecule has 7 heteroatoms. The van der Waals surface area contributed by atoms with Crippen LogP contribution < -0.4 is 5.32 Å². The Morgan fingerprint density at radius 1 is 1.25 bits per heavy atom. The minimum atomic E-state index is -0.206. The van der Waals surface area contributed by atoms with Crippen LogP contribution in [0.25, 0.3) is 0 Å². The van der Waals surface area contributed by atoms with Crippen LogP contribution in [0.2, 0.25) is 5.02 Å². The number of hydrogen-bond donors (Lipinski definition) is 1. The number of amides is 2. The molecule has 0 radical (unpaired) electrons. The molecule has 1 aromatic rings. The number of likely N-dealkylation sites (N-methyl/N-ethyl adjacent to an activating group) is 1. The second-order valence-corrected chi connectivity index (χ2v) is 6.66. The van der Waals surface area contributed by atoms with Gasteiger partial charge in [-0.25, -0.2) is 0 Å². The summed E-state index contributed by atoms with van der Waals surface area (Å²) in [6, 6.07) is 7.05. The van der Waals surface area contributed by atoms with Gasteiger partial charge in [0.2, 0.25) is 11.8 Å². The second kappa shape index (κ2) is 8.46. The van der Waals surface area contributed by atoms with Gasteiger partial charge in [-0.1, -0.05) is 23.7 Å². The molecule has 1 aliphatic rings. The van der Waals surface area contributed by atoms with Crippen molar-refractivity contribution in [2.75, 3.05) is 38.5 Å². The number of ether oxygens (including phenoxy) is 1. The lowest BCUT2D eigenvalue weighted by atomic mass is 10.2. The Kier molecular flexibility index (Phi) is 6.60. The van der Waals surface area contributed by atoms with Gasteiger partial charge in [-0.05, 0) is 33.0 Å². The van der Waals surface area contributed by atoms with Crippen molar-refractivity contribution in [1.29, 1.82) is 0 Å². The van der Waals surface area contributed by atoms with E-state index in [2.05, 4.69) is 5.32 Å². The molecule has 0 spiro atoms. The Morgan fingerprint density at radius 3 is 2.50 bits per heavy atom. The normalized spacial score (nSPS) is 21.0. The summed E-state index contributed by atoms with van der Waals surface area (Å²) in [5.74, 6) is -0.202. The Morgan fingerprint density at radius 2 is 1.88 bits per heavy atom. The van der Waals surface area contributed by atoms with Crippen LogP contribution >= 0.6 is 11.6 Å².